The van der Waals surface area contributed by atoms with Gasteiger partial charge in [0.2, 0.25) is 0 Å². The maximum Gasteiger partial charge on any atom is 0.169 e. The molecule has 0 spiro atoms. The van der Waals surface area contributed by atoms with E-state index in [2.05, 4.69) is 47.4 Å². The van der Waals surface area contributed by atoms with Crippen LogP contribution in [0.3, 0.4) is 0 Å². The van der Waals surface area contributed by atoms with Crippen LogP contribution in [0.1, 0.15) is 11.1 Å². The Bertz CT molecular complexity index is 832. The summed E-state index contributed by atoms with van der Waals surface area (Å²) in [6, 6.07) is 10.4. The van der Waals surface area contributed by atoms with Crippen molar-refractivity contribution in [1.82, 2.24) is 0 Å². The van der Waals surface area contributed by atoms with Gasteiger partial charge in [-0.2, -0.15) is 0 Å². The molecule has 1 aliphatic rings. The minimum atomic E-state index is 0. The molecule has 1 aliphatic heterocycles. The molecule has 0 radical (unpaired) electrons. The minimum Gasteiger partial charge on any atom is -1.00 e. The number of rotatable bonds is 2. The Kier molecular flexibility index (Phi) is 13.3. The number of hydrogen-bond donors (Lipinski definition) is 0. The molecule has 0 atom stereocenters. The maximum atomic E-state index is 6.11. The van der Waals surface area contributed by atoms with Crippen molar-refractivity contribution < 1.29 is 52.2 Å². The second-order valence-electron chi connectivity index (χ2n) is 7.58. The van der Waals surface area contributed by atoms with Gasteiger partial charge in [-0.05, 0) is 23.3 Å². The summed E-state index contributed by atoms with van der Waals surface area (Å²) < 4.78 is 30.4. The topological polar surface area (TPSA) is 53.3 Å². The Morgan fingerprint density at radius 2 is 1.27 bits per heavy atom. The zero-order valence-corrected chi connectivity index (χ0v) is 21.7. The molecule has 0 bridgehead atoms. The Hall–Kier alpha value is -1.72. The Labute approximate surface area is 214 Å². The smallest absolute Gasteiger partial charge is 0.169 e. The van der Waals surface area contributed by atoms with Crippen molar-refractivity contribution in [3.63, 3.8) is 0 Å². The fourth-order valence-corrected chi connectivity index (χ4v) is 3.18. The van der Waals surface area contributed by atoms with Crippen molar-refractivity contribution in [3.8, 4) is 5.75 Å². The molecule has 0 aliphatic carbocycles. The number of aromatic nitrogens is 1. The molecule has 182 valence electrons. The zero-order chi connectivity index (χ0) is 22.4. The molecule has 0 N–H and O–H groups in total. The summed E-state index contributed by atoms with van der Waals surface area (Å²) in [5.74, 6) is 0.832. The summed E-state index contributed by atoms with van der Waals surface area (Å²) >= 11 is 0. The SMILES string of the molecule is CN1CCOCCOCCOCCOCCOc2cc(/C=C/c3cc[n+](C)cc3)ccc21.[I-]. The van der Waals surface area contributed by atoms with Crippen molar-refractivity contribution in [3.05, 3.63) is 53.9 Å². The third-order valence-corrected chi connectivity index (χ3v) is 5.04. The summed E-state index contributed by atoms with van der Waals surface area (Å²) in [7, 11) is 4.06. The normalized spacial score (nSPS) is 17.3. The van der Waals surface area contributed by atoms with E-state index < -0.39 is 0 Å². The molecule has 2 heterocycles. The number of fused-ring (bicyclic) bond motifs is 1. The molecule has 1 aromatic carbocycles. The van der Waals surface area contributed by atoms with Gasteiger partial charge in [0.25, 0.3) is 0 Å². The number of aryl methyl sites for hydroxylation is 1. The van der Waals surface area contributed by atoms with Gasteiger partial charge in [-0.25, -0.2) is 4.57 Å². The first-order valence-corrected chi connectivity index (χ1v) is 11.1. The Morgan fingerprint density at radius 1 is 0.727 bits per heavy atom. The summed E-state index contributed by atoms with van der Waals surface area (Å²) in [5.41, 5.74) is 3.25. The second kappa shape index (κ2) is 16.0. The first kappa shape index (κ1) is 27.5. The second-order valence-corrected chi connectivity index (χ2v) is 7.58. The fourth-order valence-electron chi connectivity index (χ4n) is 3.18. The molecule has 2 aromatic rings. The number of anilines is 1. The number of ether oxygens (including phenoxy) is 5. The first-order valence-electron chi connectivity index (χ1n) is 11.1. The van der Waals surface area contributed by atoms with Crippen LogP contribution in [0.5, 0.6) is 5.75 Å². The standard InChI is InChI=1S/C25H35N2O5.HI/c1-26-9-7-22(8-10-26)3-4-23-5-6-24-25(21-23)32-20-19-31-18-17-30-16-15-29-14-13-28-12-11-27(24)2;/h3-10,21H,11-20H2,1-2H3;1H/q+1;/p-1. The van der Waals surface area contributed by atoms with Gasteiger partial charge in [0.15, 0.2) is 12.4 Å². The molecule has 0 unspecified atom stereocenters. The highest BCUT2D eigenvalue weighted by molar-refractivity contribution is 5.72. The molecule has 0 saturated carbocycles. The number of pyridine rings is 1. The molecule has 1 aromatic heterocycles. The van der Waals surface area contributed by atoms with Crippen molar-refractivity contribution in [2.24, 2.45) is 7.05 Å². The van der Waals surface area contributed by atoms with Crippen molar-refractivity contribution in [1.29, 1.82) is 0 Å². The highest BCUT2D eigenvalue weighted by Gasteiger charge is 2.10. The summed E-state index contributed by atoms with van der Waals surface area (Å²) in [6.07, 6.45) is 8.27. The largest absolute Gasteiger partial charge is 1.00 e. The van der Waals surface area contributed by atoms with E-state index in [1.165, 1.54) is 0 Å². The van der Waals surface area contributed by atoms with Gasteiger partial charge in [-0.3, -0.25) is 0 Å². The van der Waals surface area contributed by atoms with Crippen LogP contribution < -0.4 is 38.2 Å². The van der Waals surface area contributed by atoms with E-state index in [4.69, 9.17) is 23.7 Å². The lowest BCUT2D eigenvalue weighted by atomic mass is 10.1. The average molecular weight is 570 g/mol. The quantitative estimate of drug-likeness (QED) is 0.362. The summed E-state index contributed by atoms with van der Waals surface area (Å²) in [6.45, 7) is 5.71. The fraction of sp³-hybridized carbons (Fsp3) is 0.480. The van der Waals surface area contributed by atoms with Gasteiger partial charge < -0.3 is 52.6 Å². The number of likely N-dealkylation sites (N-methyl/N-ethyl adjacent to an activating group) is 1. The van der Waals surface area contributed by atoms with Gasteiger partial charge in [0, 0.05) is 25.7 Å². The van der Waals surface area contributed by atoms with Gasteiger partial charge in [-0.1, -0.05) is 18.2 Å². The van der Waals surface area contributed by atoms with Crippen molar-refractivity contribution in [2.45, 2.75) is 0 Å². The monoisotopic (exact) mass is 570 g/mol. The van der Waals surface area contributed by atoms with Crippen LogP contribution in [-0.2, 0) is 26.0 Å². The zero-order valence-electron chi connectivity index (χ0n) is 19.6. The number of benzene rings is 1. The van der Waals surface area contributed by atoms with Crippen molar-refractivity contribution >= 4 is 17.8 Å². The third-order valence-electron chi connectivity index (χ3n) is 5.04. The van der Waals surface area contributed by atoms with Crippen LogP contribution in [0.4, 0.5) is 5.69 Å². The highest BCUT2D eigenvalue weighted by Crippen LogP contribution is 2.29. The molecular weight excluding hydrogens is 535 g/mol. The maximum absolute atomic E-state index is 6.11. The van der Waals surface area contributed by atoms with E-state index in [-0.39, 0.29) is 24.0 Å². The summed E-state index contributed by atoms with van der Waals surface area (Å²) in [5, 5.41) is 0. The number of nitrogens with zero attached hydrogens (tertiary/aromatic N) is 2. The molecular formula is C25H35IN2O5. The molecule has 7 nitrogen and oxygen atoms in total. The molecule has 3 rings (SSSR count). The van der Waals surface area contributed by atoms with E-state index in [9.17, 15) is 0 Å². The van der Waals surface area contributed by atoms with E-state index >= 15 is 0 Å². The average Bonchev–Trinajstić information content (AvgIpc) is 2.80. The predicted octanol–water partition coefficient (Wildman–Crippen LogP) is -0.419. The molecule has 0 amide bonds. The lowest BCUT2D eigenvalue weighted by molar-refractivity contribution is -0.671. The van der Waals surface area contributed by atoms with E-state index in [0.717, 1.165) is 29.1 Å². The van der Waals surface area contributed by atoms with Crippen LogP contribution in [0.2, 0.25) is 0 Å². The van der Waals surface area contributed by atoms with Crippen LogP contribution >= 0.6 is 0 Å². The lowest BCUT2D eigenvalue weighted by Gasteiger charge is -2.23. The van der Waals surface area contributed by atoms with E-state index in [1.807, 2.05) is 31.1 Å². The van der Waals surface area contributed by atoms with Gasteiger partial charge in [0.1, 0.15) is 19.4 Å². The van der Waals surface area contributed by atoms with Gasteiger partial charge >= 0.3 is 0 Å². The van der Waals surface area contributed by atoms with Crippen molar-refractivity contribution in [2.75, 3.05) is 78.0 Å². The molecule has 0 fully saturated rings. The molecule has 8 heteroatoms. The van der Waals surface area contributed by atoms with E-state index in [0.29, 0.717) is 59.5 Å². The van der Waals surface area contributed by atoms with Crippen LogP contribution in [0, 0.1) is 0 Å². The molecule has 0 saturated heterocycles. The number of hydrogen-bond acceptors (Lipinski definition) is 6. The van der Waals surface area contributed by atoms with Crippen LogP contribution in [0.15, 0.2) is 42.7 Å². The number of halogens is 1. The van der Waals surface area contributed by atoms with Crippen LogP contribution in [0.25, 0.3) is 12.2 Å². The van der Waals surface area contributed by atoms with E-state index in [1.54, 1.807) is 0 Å². The Morgan fingerprint density at radius 3 is 1.91 bits per heavy atom. The van der Waals surface area contributed by atoms with Gasteiger partial charge in [-0.15, -0.1) is 0 Å². The van der Waals surface area contributed by atoms with Crippen LogP contribution in [-0.4, -0.2) is 73.1 Å². The summed E-state index contributed by atoms with van der Waals surface area (Å²) in [4.78, 5) is 2.15. The third kappa shape index (κ3) is 10.4. The highest BCUT2D eigenvalue weighted by atomic mass is 127. The lowest BCUT2D eigenvalue weighted by Crippen LogP contribution is -3.00. The minimum absolute atomic E-state index is 0. The molecule has 33 heavy (non-hydrogen) atoms. The predicted molar refractivity (Wildman–Crippen MR) is 125 cm³/mol. The van der Waals surface area contributed by atoms with Gasteiger partial charge in [0.05, 0.1) is 58.5 Å². The Balaban J connectivity index is 0.00000385. The first-order chi connectivity index (χ1) is 15.7.